The van der Waals surface area contributed by atoms with E-state index in [9.17, 15) is 4.39 Å². The zero-order valence-electron chi connectivity index (χ0n) is 8.35. The maximum Gasteiger partial charge on any atom is 0.149 e. The van der Waals surface area contributed by atoms with Gasteiger partial charge in [-0.3, -0.25) is 0 Å². The van der Waals surface area contributed by atoms with Crippen LogP contribution in [-0.4, -0.2) is 4.98 Å². The average Bonchev–Trinajstić information content (AvgIpc) is 2.25. The maximum atomic E-state index is 13.6. The second-order valence-electron chi connectivity index (χ2n) is 3.23. The molecule has 0 bridgehead atoms. The van der Waals surface area contributed by atoms with Gasteiger partial charge in [-0.25, -0.2) is 9.37 Å². The largest absolute Gasteiger partial charge is 0.337 e. The van der Waals surface area contributed by atoms with Crippen LogP contribution in [0.15, 0.2) is 39.4 Å². The number of benzene rings is 1. The molecule has 0 unspecified atom stereocenters. The Labute approximate surface area is 119 Å². The lowest BCUT2D eigenvalue weighted by atomic mass is 10.3. The van der Waals surface area contributed by atoms with Gasteiger partial charge in [0.25, 0.3) is 0 Å². The highest BCUT2D eigenvalue weighted by Crippen LogP contribution is 2.28. The summed E-state index contributed by atoms with van der Waals surface area (Å²) < 4.78 is 15.0. The minimum Gasteiger partial charge on any atom is -0.337 e. The molecule has 1 N–H and O–H groups in total. The molecule has 2 nitrogen and oxygen atoms in total. The van der Waals surface area contributed by atoms with Gasteiger partial charge in [0.05, 0.1) is 10.7 Å². The maximum absolute atomic E-state index is 13.6. The number of hydrogen-bond donors (Lipinski definition) is 1. The van der Waals surface area contributed by atoms with Gasteiger partial charge in [0.2, 0.25) is 0 Å². The normalized spacial score (nSPS) is 10.4. The summed E-state index contributed by atoms with van der Waals surface area (Å²) >= 11 is 12.4. The minimum absolute atomic E-state index is 0.324. The van der Waals surface area contributed by atoms with E-state index in [0.717, 1.165) is 4.47 Å². The summed E-state index contributed by atoms with van der Waals surface area (Å²) in [6, 6.07) is 6.40. The number of nitrogens with zero attached hydrogens (tertiary/aromatic N) is 1. The highest BCUT2D eigenvalue weighted by Gasteiger charge is 2.07. The Morgan fingerprint density at radius 3 is 2.59 bits per heavy atom. The fourth-order valence-corrected chi connectivity index (χ4v) is 2.23. The van der Waals surface area contributed by atoms with Crippen molar-refractivity contribution in [1.29, 1.82) is 0 Å². The SMILES string of the molecule is Fc1cc(Br)ccc1Nc1ncc(Br)cc1Cl. The van der Waals surface area contributed by atoms with Crippen molar-refractivity contribution in [3.8, 4) is 0 Å². The van der Waals surface area contributed by atoms with Crippen LogP contribution >= 0.6 is 43.5 Å². The van der Waals surface area contributed by atoms with Gasteiger partial charge in [-0.2, -0.15) is 0 Å². The average molecular weight is 380 g/mol. The number of aromatic nitrogens is 1. The van der Waals surface area contributed by atoms with E-state index in [2.05, 4.69) is 42.2 Å². The van der Waals surface area contributed by atoms with Crippen LogP contribution in [0.25, 0.3) is 0 Å². The molecule has 0 aliphatic carbocycles. The molecule has 88 valence electrons. The fourth-order valence-electron chi connectivity index (χ4n) is 1.22. The highest BCUT2D eigenvalue weighted by atomic mass is 79.9. The molecule has 0 spiro atoms. The van der Waals surface area contributed by atoms with E-state index < -0.39 is 0 Å². The van der Waals surface area contributed by atoms with Crippen molar-refractivity contribution < 1.29 is 4.39 Å². The number of anilines is 2. The Kier molecular flexibility index (Phi) is 4.01. The van der Waals surface area contributed by atoms with Crippen molar-refractivity contribution in [3.63, 3.8) is 0 Å². The van der Waals surface area contributed by atoms with Gasteiger partial charge in [0.15, 0.2) is 0 Å². The molecule has 1 heterocycles. The molecule has 6 heteroatoms. The van der Waals surface area contributed by atoms with Crippen molar-refractivity contribution in [2.45, 2.75) is 0 Å². The molecule has 0 aliphatic heterocycles. The molecule has 2 aromatic rings. The number of rotatable bonds is 2. The second kappa shape index (κ2) is 5.33. The summed E-state index contributed by atoms with van der Waals surface area (Å²) in [6.45, 7) is 0. The summed E-state index contributed by atoms with van der Waals surface area (Å²) in [5, 5.41) is 3.25. The topological polar surface area (TPSA) is 24.9 Å². The summed E-state index contributed by atoms with van der Waals surface area (Å²) in [4.78, 5) is 4.07. The summed E-state index contributed by atoms with van der Waals surface area (Å²) in [7, 11) is 0. The molecule has 0 amide bonds. The molecular weight excluding hydrogens is 374 g/mol. The molecule has 1 aromatic carbocycles. The molecule has 0 radical (unpaired) electrons. The van der Waals surface area contributed by atoms with Crippen LogP contribution in [0.3, 0.4) is 0 Å². The van der Waals surface area contributed by atoms with Crippen molar-refractivity contribution in [3.05, 3.63) is 50.2 Å². The lowest BCUT2D eigenvalue weighted by molar-refractivity contribution is 0.631. The van der Waals surface area contributed by atoms with Crippen LogP contribution < -0.4 is 5.32 Å². The smallest absolute Gasteiger partial charge is 0.149 e. The van der Waals surface area contributed by atoms with E-state index in [-0.39, 0.29) is 5.82 Å². The summed E-state index contributed by atoms with van der Waals surface area (Å²) in [5.74, 6) is 0.0382. The minimum atomic E-state index is -0.375. The van der Waals surface area contributed by atoms with Gasteiger partial charge < -0.3 is 5.32 Å². The summed E-state index contributed by atoms with van der Waals surface area (Å²) in [5.41, 5.74) is 0.324. The predicted octanol–water partition coefficient (Wildman–Crippen LogP) is 5.14. The first-order valence-electron chi connectivity index (χ1n) is 4.59. The lowest BCUT2D eigenvalue weighted by Gasteiger charge is -2.08. The molecule has 0 saturated heterocycles. The van der Waals surface area contributed by atoms with Gasteiger partial charge >= 0.3 is 0 Å². The number of hydrogen-bond acceptors (Lipinski definition) is 2. The third-order valence-corrected chi connectivity index (χ3v) is 3.21. The van der Waals surface area contributed by atoms with Crippen molar-refractivity contribution in [2.24, 2.45) is 0 Å². The van der Waals surface area contributed by atoms with E-state index >= 15 is 0 Å². The molecule has 0 aliphatic rings. The molecular formula is C11H6Br2ClFN2. The van der Waals surface area contributed by atoms with Gasteiger partial charge in [0, 0.05) is 15.1 Å². The third kappa shape index (κ3) is 3.18. The second-order valence-corrected chi connectivity index (χ2v) is 5.47. The Balaban J connectivity index is 2.31. The molecule has 0 atom stereocenters. The lowest BCUT2D eigenvalue weighted by Crippen LogP contribution is -1.96. The molecule has 17 heavy (non-hydrogen) atoms. The quantitative estimate of drug-likeness (QED) is 0.780. The van der Waals surface area contributed by atoms with E-state index in [4.69, 9.17) is 11.6 Å². The molecule has 0 fully saturated rings. The number of halogens is 4. The third-order valence-electron chi connectivity index (χ3n) is 1.99. The Hall–Kier alpha value is -0.650. The van der Waals surface area contributed by atoms with Crippen LogP contribution in [0.1, 0.15) is 0 Å². The highest BCUT2D eigenvalue weighted by molar-refractivity contribution is 9.10. The zero-order valence-corrected chi connectivity index (χ0v) is 12.3. The Bertz CT molecular complexity index is 514. The zero-order chi connectivity index (χ0) is 12.4. The first-order valence-corrected chi connectivity index (χ1v) is 6.56. The van der Waals surface area contributed by atoms with Crippen LogP contribution in [0.2, 0.25) is 5.02 Å². The van der Waals surface area contributed by atoms with E-state index in [1.54, 1.807) is 24.4 Å². The van der Waals surface area contributed by atoms with Gasteiger partial charge in [-0.1, -0.05) is 27.5 Å². The molecule has 2 rings (SSSR count). The number of pyridine rings is 1. The monoisotopic (exact) mass is 378 g/mol. The fraction of sp³-hybridized carbons (Fsp3) is 0. The van der Waals surface area contributed by atoms with Gasteiger partial charge in [-0.15, -0.1) is 0 Å². The van der Waals surface area contributed by atoms with Crippen LogP contribution in [-0.2, 0) is 0 Å². The van der Waals surface area contributed by atoms with E-state index in [1.165, 1.54) is 6.07 Å². The van der Waals surface area contributed by atoms with Gasteiger partial charge in [0.1, 0.15) is 11.6 Å². The van der Waals surface area contributed by atoms with E-state index in [1.807, 2.05) is 0 Å². The predicted molar refractivity (Wildman–Crippen MR) is 74.3 cm³/mol. The summed E-state index contributed by atoms with van der Waals surface area (Å²) in [6.07, 6.45) is 1.59. The van der Waals surface area contributed by atoms with Crippen molar-refractivity contribution in [2.75, 3.05) is 5.32 Å². The van der Waals surface area contributed by atoms with Crippen LogP contribution in [0.4, 0.5) is 15.9 Å². The standard InChI is InChI=1S/C11H6Br2ClFN2/c12-6-1-2-10(9(15)4-6)17-11-8(14)3-7(13)5-16-11/h1-5H,(H,16,17). The first-order chi connectivity index (χ1) is 8.06. The van der Waals surface area contributed by atoms with E-state index in [0.29, 0.717) is 21.0 Å². The van der Waals surface area contributed by atoms with Crippen LogP contribution in [0, 0.1) is 5.82 Å². The molecule has 0 saturated carbocycles. The molecule has 1 aromatic heterocycles. The first kappa shape index (κ1) is 12.8. The van der Waals surface area contributed by atoms with Crippen LogP contribution in [0.5, 0.6) is 0 Å². The number of nitrogens with one attached hydrogen (secondary N) is 1. The van der Waals surface area contributed by atoms with Gasteiger partial charge in [-0.05, 0) is 40.2 Å². The van der Waals surface area contributed by atoms with Crippen molar-refractivity contribution in [1.82, 2.24) is 4.98 Å². The Morgan fingerprint density at radius 1 is 1.18 bits per heavy atom. The van der Waals surface area contributed by atoms with Crippen molar-refractivity contribution >= 4 is 55.0 Å². The Morgan fingerprint density at radius 2 is 1.94 bits per heavy atom.